The Kier molecular flexibility index (Phi) is 5.93. The number of nitrogens with one attached hydrogen (secondary N) is 2. The molecule has 27 heavy (non-hydrogen) atoms. The van der Waals surface area contributed by atoms with Crippen LogP contribution in [0.2, 0.25) is 0 Å². The molecule has 0 saturated carbocycles. The Labute approximate surface area is 155 Å². The number of carbonyl (C=O) groups is 2. The fraction of sp³-hybridized carbons (Fsp3) is 0.500. The number of hydrogen-bond acceptors (Lipinski definition) is 6. The fourth-order valence-corrected chi connectivity index (χ4v) is 2.26. The topological polar surface area (TPSA) is 137 Å². The van der Waals surface area contributed by atoms with Crippen LogP contribution in [0.15, 0.2) is 18.6 Å². The van der Waals surface area contributed by atoms with Gasteiger partial charge in [0.2, 0.25) is 0 Å². The monoisotopic (exact) mass is 377 g/mol. The molecule has 2 heterocycles. The van der Waals surface area contributed by atoms with Crippen molar-refractivity contribution in [3.05, 3.63) is 34.4 Å². The quantitative estimate of drug-likeness (QED) is 0.528. The van der Waals surface area contributed by atoms with Crippen LogP contribution in [-0.2, 0) is 16.9 Å². The summed E-state index contributed by atoms with van der Waals surface area (Å²) in [5.41, 5.74) is -1.06. The molecule has 0 bridgehead atoms. The van der Waals surface area contributed by atoms with Gasteiger partial charge in [0.25, 0.3) is 11.8 Å². The average molecular weight is 377 g/mol. The zero-order valence-corrected chi connectivity index (χ0v) is 15.7. The normalized spacial score (nSPS) is 11.3. The molecule has 0 atom stereocenters. The molecule has 0 aliphatic rings. The van der Waals surface area contributed by atoms with Crippen molar-refractivity contribution in [3.8, 4) is 0 Å². The van der Waals surface area contributed by atoms with Gasteiger partial charge in [-0.1, -0.05) is 6.92 Å². The van der Waals surface area contributed by atoms with E-state index >= 15 is 0 Å². The number of aryl methyl sites for hydroxylation is 1. The van der Waals surface area contributed by atoms with Crippen LogP contribution in [0.4, 0.5) is 11.4 Å². The van der Waals surface area contributed by atoms with Gasteiger partial charge in [0.1, 0.15) is 17.9 Å². The van der Waals surface area contributed by atoms with Crippen molar-refractivity contribution in [2.45, 2.75) is 46.2 Å². The lowest BCUT2D eigenvalue weighted by Gasteiger charge is -2.23. The maximum atomic E-state index is 12.8. The van der Waals surface area contributed by atoms with E-state index in [4.69, 9.17) is 0 Å². The molecular formula is C16H23N7O4. The number of nitro groups is 1. The van der Waals surface area contributed by atoms with E-state index in [1.54, 1.807) is 24.7 Å². The molecule has 0 radical (unpaired) electrons. The van der Waals surface area contributed by atoms with E-state index in [-0.39, 0.29) is 23.0 Å². The van der Waals surface area contributed by atoms with Gasteiger partial charge in [-0.25, -0.2) is 0 Å². The van der Waals surface area contributed by atoms with Crippen molar-refractivity contribution in [3.63, 3.8) is 0 Å². The standard InChI is InChI=1S/C16H23N7O4/c1-5-7-17-14(24)13-12(10-21(6-2)20-13)19-15(25)16(3,4)22-9-11(8-18-22)23(26)27/h8-10H,5-7H2,1-4H3,(H,17,24)(H,19,25). The molecule has 2 aromatic heterocycles. The molecule has 0 saturated heterocycles. The first kappa shape index (κ1) is 20.1. The summed E-state index contributed by atoms with van der Waals surface area (Å²) in [7, 11) is 0. The first-order valence-electron chi connectivity index (χ1n) is 8.57. The minimum absolute atomic E-state index is 0.112. The minimum atomic E-state index is -1.22. The SMILES string of the molecule is CCCNC(=O)c1nn(CC)cc1NC(=O)C(C)(C)n1cc([N+](=O)[O-])cn1. The Balaban J connectivity index is 2.26. The fourth-order valence-electron chi connectivity index (χ4n) is 2.26. The predicted octanol–water partition coefficient (Wildman–Crippen LogP) is 1.52. The molecule has 0 aliphatic carbocycles. The molecule has 0 fully saturated rings. The first-order chi connectivity index (χ1) is 12.7. The highest BCUT2D eigenvalue weighted by atomic mass is 16.6. The third-order valence-corrected chi connectivity index (χ3v) is 3.99. The van der Waals surface area contributed by atoms with Crippen LogP contribution in [0.1, 0.15) is 44.6 Å². The summed E-state index contributed by atoms with van der Waals surface area (Å²) in [6, 6.07) is 0. The number of rotatable bonds is 8. The number of aromatic nitrogens is 4. The van der Waals surface area contributed by atoms with E-state index in [1.807, 2.05) is 13.8 Å². The van der Waals surface area contributed by atoms with Crippen molar-refractivity contribution < 1.29 is 14.5 Å². The Morgan fingerprint density at radius 1 is 1.30 bits per heavy atom. The molecule has 0 spiro atoms. The predicted molar refractivity (Wildman–Crippen MR) is 97.4 cm³/mol. The lowest BCUT2D eigenvalue weighted by Crippen LogP contribution is -2.41. The van der Waals surface area contributed by atoms with Crippen LogP contribution in [0.25, 0.3) is 0 Å². The minimum Gasteiger partial charge on any atom is -0.351 e. The third-order valence-electron chi connectivity index (χ3n) is 3.99. The number of nitrogens with zero attached hydrogens (tertiary/aromatic N) is 5. The Morgan fingerprint density at radius 2 is 2.00 bits per heavy atom. The molecule has 11 heteroatoms. The van der Waals surface area contributed by atoms with E-state index in [0.717, 1.165) is 12.6 Å². The Hall–Kier alpha value is -3.24. The first-order valence-corrected chi connectivity index (χ1v) is 8.57. The molecule has 0 aromatic carbocycles. The molecule has 11 nitrogen and oxygen atoms in total. The van der Waals surface area contributed by atoms with Crippen LogP contribution < -0.4 is 10.6 Å². The van der Waals surface area contributed by atoms with E-state index in [0.29, 0.717) is 13.1 Å². The summed E-state index contributed by atoms with van der Waals surface area (Å²) in [4.78, 5) is 35.3. The lowest BCUT2D eigenvalue weighted by molar-refractivity contribution is -0.385. The van der Waals surface area contributed by atoms with Gasteiger partial charge in [-0.05, 0) is 27.2 Å². The zero-order chi connectivity index (χ0) is 20.2. The van der Waals surface area contributed by atoms with Gasteiger partial charge in [-0.15, -0.1) is 0 Å². The van der Waals surface area contributed by atoms with Crippen molar-refractivity contribution >= 4 is 23.2 Å². The van der Waals surface area contributed by atoms with Crippen LogP contribution in [0.3, 0.4) is 0 Å². The van der Waals surface area contributed by atoms with Crippen LogP contribution in [0, 0.1) is 10.1 Å². The van der Waals surface area contributed by atoms with Crippen molar-refractivity contribution in [2.75, 3.05) is 11.9 Å². The van der Waals surface area contributed by atoms with E-state index in [9.17, 15) is 19.7 Å². The molecule has 2 N–H and O–H groups in total. The van der Waals surface area contributed by atoms with Gasteiger partial charge < -0.3 is 10.6 Å². The van der Waals surface area contributed by atoms with Gasteiger partial charge in [0.15, 0.2) is 5.69 Å². The summed E-state index contributed by atoms with van der Waals surface area (Å²) >= 11 is 0. The molecule has 146 valence electrons. The second kappa shape index (κ2) is 7.98. The van der Waals surface area contributed by atoms with Crippen molar-refractivity contribution in [1.82, 2.24) is 24.9 Å². The van der Waals surface area contributed by atoms with Gasteiger partial charge in [0.05, 0.1) is 10.6 Å². The number of anilines is 1. The molecular weight excluding hydrogens is 354 g/mol. The number of carbonyl (C=O) groups excluding carboxylic acids is 2. The van der Waals surface area contributed by atoms with Crippen LogP contribution in [-0.4, -0.2) is 42.8 Å². The highest BCUT2D eigenvalue weighted by Crippen LogP contribution is 2.22. The number of hydrogen-bond donors (Lipinski definition) is 2. The summed E-state index contributed by atoms with van der Waals surface area (Å²) in [5.74, 6) is -0.868. The summed E-state index contributed by atoms with van der Waals surface area (Å²) < 4.78 is 2.75. The second-order valence-electron chi connectivity index (χ2n) is 6.42. The lowest BCUT2D eigenvalue weighted by atomic mass is 10.0. The third kappa shape index (κ3) is 4.30. The Bertz CT molecular complexity index is 853. The molecule has 2 aromatic rings. The highest BCUT2D eigenvalue weighted by molar-refractivity contribution is 6.03. The Morgan fingerprint density at radius 3 is 2.56 bits per heavy atom. The van der Waals surface area contributed by atoms with Crippen LogP contribution in [0.5, 0.6) is 0 Å². The number of amides is 2. The maximum absolute atomic E-state index is 12.8. The second-order valence-corrected chi connectivity index (χ2v) is 6.42. The summed E-state index contributed by atoms with van der Waals surface area (Å²) in [5, 5.41) is 24.4. The maximum Gasteiger partial charge on any atom is 0.307 e. The summed E-state index contributed by atoms with van der Waals surface area (Å²) in [6.45, 7) is 7.95. The van der Waals surface area contributed by atoms with E-state index in [2.05, 4.69) is 20.8 Å². The van der Waals surface area contributed by atoms with Gasteiger partial charge in [-0.3, -0.25) is 29.1 Å². The average Bonchev–Trinajstić information content (AvgIpc) is 3.27. The highest BCUT2D eigenvalue weighted by Gasteiger charge is 2.33. The van der Waals surface area contributed by atoms with Gasteiger partial charge >= 0.3 is 5.69 Å². The largest absolute Gasteiger partial charge is 0.351 e. The van der Waals surface area contributed by atoms with Gasteiger partial charge in [-0.2, -0.15) is 10.2 Å². The van der Waals surface area contributed by atoms with E-state index in [1.165, 1.54) is 10.9 Å². The molecule has 0 unspecified atom stereocenters. The van der Waals surface area contributed by atoms with Crippen LogP contribution >= 0.6 is 0 Å². The van der Waals surface area contributed by atoms with Crippen molar-refractivity contribution in [2.24, 2.45) is 0 Å². The molecule has 2 rings (SSSR count). The summed E-state index contributed by atoms with van der Waals surface area (Å²) in [6.07, 6.45) is 4.60. The zero-order valence-electron chi connectivity index (χ0n) is 15.7. The van der Waals surface area contributed by atoms with E-state index < -0.39 is 16.4 Å². The molecule has 2 amide bonds. The molecule has 0 aliphatic heterocycles. The van der Waals surface area contributed by atoms with Gasteiger partial charge in [0, 0.05) is 19.3 Å². The smallest absolute Gasteiger partial charge is 0.307 e. The van der Waals surface area contributed by atoms with Crippen molar-refractivity contribution in [1.29, 1.82) is 0 Å².